The lowest BCUT2D eigenvalue weighted by Crippen LogP contribution is -2.34. The molecule has 3 rings (SSSR count). The fourth-order valence-corrected chi connectivity index (χ4v) is 3.26. The van der Waals surface area contributed by atoms with Crippen molar-refractivity contribution in [2.75, 3.05) is 31.1 Å². The number of carbonyl (C=O) groups excluding carboxylic acids is 1. The van der Waals surface area contributed by atoms with Crippen molar-refractivity contribution < 1.29 is 4.79 Å². The van der Waals surface area contributed by atoms with Crippen molar-refractivity contribution in [3.05, 3.63) is 52.7 Å². The van der Waals surface area contributed by atoms with E-state index in [0.717, 1.165) is 37.5 Å². The summed E-state index contributed by atoms with van der Waals surface area (Å²) in [5, 5.41) is 1.96. The van der Waals surface area contributed by atoms with Gasteiger partial charge in [0.15, 0.2) is 0 Å². The molecule has 104 valence electrons. The Morgan fingerprint density at radius 3 is 2.55 bits per heavy atom. The highest BCUT2D eigenvalue weighted by Crippen LogP contribution is 2.18. The third-order valence-corrected chi connectivity index (χ3v) is 4.49. The molecule has 2 heterocycles. The fraction of sp³-hybridized carbons (Fsp3) is 0.312. The Morgan fingerprint density at radius 1 is 0.950 bits per heavy atom. The molecule has 1 amide bonds. The van der Waals surface area contributed by atoms with E-state index in [9.17, 15) is 4.79 Å². The van der Waals surface area contributed by atoms with E-state index in [2.05, 4.69) is 29.2 Å². The van der Waals surface area contributed by atoms with Crippen LogP contribution in [-0.2, 0) is 0 Å². The SMILES string of the molecule is O=C(c1cccs1)N1CCCN(c2ccccc2)CC1. The molecule has 0 atom stereocenters. The number of carbonyl (C=O) groups is 1. The summed E-state index contributed by atoms with van der Waals surface area (Å²) in [5.41, 5.74) is 1.25. The van der Waals surface area contributed by atoms with E-state index in [4.69, 9.17) is 0 Å². The highest BCUT2D eigenvalue weighted by atomic mass is 32.1. The Labute approximate surface area is 123 Å². The molecule has 2 aromatic rings. The highest BCUT2D eigenvalue weighted by molar-refractivity contribution is 7.12. The van der Waals surface area contributed by atoms with E-state index in [1.54, 1.807) is 0 Å². The van der Waals surface area contributed by atoms with E-state index >= 15 is 0 Å². The van der Waals surface area contributed by atoms with Crippen molar-refractivity contribution in [1.29, 1.82) is 0 Å². The maximum atomic E-state index is 12.4. The molecule has 4 heteroatoms. The third-order valence-electron chi connectivity index (χ3n) is 3.64. The molecular weight excluding hydrogens is 268 g/mol. The molecule has 0 radical (unpaired) electrons. The summed E-state index contributed by atoms with van der Waals surface area (Å²) >= 11 is 1.52. The van der Waals surface area contributed by atoms with Gasteiger partial charge in [0.1, 0.15) is 0 Å². The molecule has 0 N–H and O–H groups in total. The van der Waals surface area contributed by atoms with Gasteiger partial charge in [0.05, 0.1) is 4.88 Å². The Hall–Kier alpha value is -1.81. The van der Waals surface area contributed by atoms with Crippen molar-refractivity contribution in [1.82, 2.24) is 4.90 Å². The van der Waals surface area contributed by atoms with E-state index < -0.39 is 0 Å². The van der Waals surface area contributed by atoms with E-state index in [0.29, 0.717) is 0 Å². The number of amides is 1. The summed E-state index contributed by atoms with van der Waals surface area (Å²) < 4.78 is 0. The van der Waals surface area contributed by atoms with Gasteiger partial charge >= 0.3 is 0 Å². The van der Waals surface area contributed by atoms with Crippen molar-refractivity contribution >= 4 is 22.9 Å². The first-order chi connectivity index (χ1) is 9.84. The fourth-order valence-electron chi connectivity index (χ4n) is 2.57. The topological polar surface area (TPSA) is 23.6 Å². The number of thiophene rings is 1. The van der Waals surface area contributed by atoms with Crippen LogP contribution in [0, 0.1) is 0 Å². The van der Waals surface area contributed by atoms with Crippen LogP contribution in [0.25, 0.3) is 0 Å². The first-order valence-corrected chi connectivity index (χ1v) is 7.85. The minimum Gasteiger partial charge on any atom is -0.370 e. The number of nitrogens with zero attached hydrogens (tertiary/aromatic N) is 2. The van der Waals surface area contributed by atoms with Gasteiger partial charge < -0.3 is 9.80 Å². The summed E-state index contributed by atoms with van der Waals surface area (Å²) in [5.74, 6) is 0.176. The van der Waals surface area contributed by atoms with Gasteiger partial charge in [-0.2, -0.15) is 0 Å². The molecule has 0 saturated carbocycles. The average molecular weight is 286 g/mol. The van der Waals surface area contributed by atoms with Crippen LogP contribution in [0.1, 0.15) is 16.1 Å². The van der Waals surface area contributed by atoms with Crippen LogP contribution in [0.5, 0.6) is 0 Å². The minimum atomic E-state index is 0.176. The lowest BCUT2D eigenvalue weighted by molar-refractivity contribution is 0.0772. The molecule has 3 nitrogen and oxygen atoms in total. The first-order valence-electron chi connectivity index (χ1n) is 6.97. The molecule has 0 aliphatic carbocycles. The minimum absolute atomic E-state index is 0.176. The summed E-state index contributed by atoms with van der Waals surface area (Å²) in [6.45, 7) is 3.56. The number of anilines is 1. The third kappa shape index (κ3) is 2.85. The molecule has 1 aromatic carbocycles. The summed E-state index contributed by atoms with van der Waals surface area (Å²) in [6.07, 6.45) is 1.02. The van der Waals surface area contributed by atoms with Crippen LogP contribution >= 0.6 is 11.3 Å². The summed E-state index contributed by atoms with van der Waals surface area (Å²) in [6, 6.07) is 14.3. The van der Waals surface area contributed by atoms with Gasteiger partial charge in [0, 0.05) is 31.9 Å². The standard InChI is InChI=1S/C16H18N2OS/c19-16(15-8-4-13-20-15)18-10-5-9-17(11-12-18)14-6-2-1-3-7-14/h1-4,6-8,13H,5,9-12H2. The maximum absolute atomic E-state index is 12.4. The smallest absolute Gasteiger partial charge is 0.263 e. The molecule has 1 saturated heterocycles. The van der Waals surface area contributed by atoms with E-state index in [1.807, 2.05) is 28.5 Å². The molecule has 1 aliphatic heterocycles. The number of rotatable bonds is 2. The Morgan fingerprint density at radius 2 is 1.80 bits per heavy atom. The Kier molecular flexibility index (Phi) is 4.02. The van der Waals surface area contributed by atoms with Crippen LogP contribution in [0.3, 0.4) is 0 Å². The second kappa shape index (κ2) is 6.09. The quantitative estimate of drug-likeness (QED) is 0.847. The zero-order valence-electron chi connectivity index (χ0n) is 11.4. The molecule has 1 aromatic heterocycles. The van der Waals surface area contributed by atoms with Crippen molar-refractivity contribution in [3.8, 4) is 0 Å². The molecule has 0 spiro atoms. The average Bonchev–Trinajstić information content (AvgIpc) is 2.92. The second-order valence-electron chi connectivity index (χ2n) is 4.95. The monoisotopic (exact) mass is 286 g/mol. The number of hydrogen-bond donors (Lipinski definition) is 0. The van der Waals surface area contributed by atoms with E-state index in [1.165, 1.54) is 17.0 Å². The van der Waals surface area contributed by atoms with Crippen LogP contribution in [0.15, 0.2) is 47.8 Å². The van der Waals surface area contributed by atoms with Crippen molar-refractivity contribution in [2.45, 2.75) is 6.42 Å². The molecular formula is C16H18N2OS. The van der Waals surface area contributed by atoms with Crippen molar-refractivity contribution in [3.63, 3.8) is 0 Å². The number of benzene rings is 1. The highest BCUT2D eigenvalue weighted by Gasteiger charge is 2.20. The zero-order valence-corrected chi connectivity index (χ0v) is 12.2. The molecule has 20 heavy (non-hydrogen) atoms. The van der Waals surface area contributed by atoms with Gasteiger partial charge in [0.2, 0.25) is 0 Å². The molecule has 1 fully saturated rings. The van der Waals surface area contributed by atoms with Crippen LogP contribution in [-0.4, -0.2) is 37.0 Å². The van der Waals surface area contributed by atoms with Gasteiger partial charge in [-0.3, -0.25) is 4.79 Å². The maximum Gasteiger partial charge on any atom is 0.263 e. The summed E-state index contributed by atoms with van der Waals surface area (Å²) in [7, 11) is 0. The van der Waals surface area contributed by atoms with Gasteiger partial charge in [0.25, 0.3) is 5.91 Å². The van der Waals surface area contributed by atoms with Gasteiger partial charge in [-0.25, -0.2) is 0 Å². The van der Waals surface area contributed by atoms with Crippen LogP contribution in [0.2, 0.25) is 0 Å². The van der Waals surface area contributed by atoms with Crippen LogP contribution < -0.4 is 4.90 Å². The number of para-hydroxylation sites is 1. The zero-order chi connectivity index (χ0) is 13.8. The van der Waals surface area contributed by atoms with Gasteiger partial charge in [-0.05, 0) is 30.0 Å². The van der Waals surface area contributed by atoms with Crippen molar-refractivity contribution in [2.24, 2.45) is 0 Å². The van der Waals surface area contributed by atoms with E-state index in [-0.39, 0.29) is 5.91 Å². The summed E-state index contributed by atoms with van der Waals surface area (Å²) in [4.78, 5) is 17.6. The predicted octanol–water partition coefficient (Wildman–Crippen LogP) is 3.10. The number of hydrogen-bond acceptors (Lipinski definition) is 3. The Bertz CT molecular complexity index is 553. The molecule has 1 aliphatic rings. The Balaban J connectivity index is 1.67. The first kappa shape index (κ1) is 13.2. The molecule has 0 unspecified atom stereocenters. The molecule has 0 bridgehead atoms. The normalized spacial score (nSPS) is 16.0. The predicted molar refractivity (Wildman–Crippen MR) is 83.5 cm³/mol. The van der Waals surface area contributed by atoms with Crippen LogP contribution in [0.4, 0.5) is 5.69 Å². The lowest BCUT2D eigenvalue weighted by Gasteiger charge is -2.23. The second-order valence-corrected chi connectivity index (χ2v) is 5.89. The van der Waals surface area contributed by atoms with Gasteiger partial charge in [-0.15, -0.1) is 11.3 Å². The lowest BCUT2D eigenvalue weighted by atomic mass is 10.3. The largest absolute Gasteiger partial charge is 0.370 e. The van der Waals surface area contributed by atoms with Gasteiger partial charge in [-0.1, -0.05) is 24.3 Å².